The first-order valence-electron chi connectivity index (χ1n) is 9.34. The Morgan fingerprint density at radius 1 is 1.30 bits per heavy atom. The Morgan fingerprint density at radius 2 is 2.03 bits per heavy atom. The van der Waals surface area contributed by atoms with Gasteiger partial charge in [0.15, 0.2) is 15.5 Å². The van der Waals surface area contributed by atoms with Gasteiger partial charge in [0.1, 0.15) is 6.04 Å². The lowest BCUT2D eigenvalue weighted by molar-refractivity contribution is -0.144. The first kappa shape index (κ1) is 20.3. The molecule has 1 unspecified atom stereocenters. The van der Waals surface area contributed by atoms with Gasteiger partial charge in [-0.05, 0) is 25.3 Å². The number of alkyl halides is 3. The highest BCUT2D eigenvalue weighted by molar-refractivity contribution is 7.21. The number of aromatic nitrogens is 3. The maximum Gasteiger partial charge on any atom is 0.449 e. The highest BCUT2D eigenvalue weighted by atomic mass is 32.1. The van der Waals surface area contributed by atoms with Crippen LogP contribution in [0, 0.1) is 0 Å². The predicted octanol–water partition coefficient (Wildman–Crippen LogP) is 3.24. The number of carbonyl (C=O) groups excluding carboxylic acids is 1. The van der Waals surface area contributed by atoms with Gasteiger partial charge >= 0.3 is 6.18 Å². The second-order valence-electron chi connectivity index (χ2n) is 7.05. The summed E-state index contributed by atoms with van der Waals surface area (Å²) in [5, 5.41) is 3.29. The third kappa shape index (κ3) is 3.89. The third-order valence-electron chi connectivity index (χ3n) is 4.99. The van der Waals surface area contributed by atoms with Crippen LogP contribution in [0.5, 0.6) is 0 Å². The van der Waals surface area contributed by atoms with Crippen molar-refractivity contribution in [1.82, 2.24) is 20.3 Å². The lowest BCUT2D eigenvalue weighted by Crippen LogP contribution is -2.44. The molecule has 3 aromatic rings. The zero-order valence-corrected chi connectivity index (χ0v) is 16.7. The maximum atomic E-state index is 12.9. The van der Waals surface area contributed by atoms with Crippen LogP contribution in [-0.2, 0) is 11.0 Å². The van der Waals surface area contributed by atoms with Crippen molar-refractivity contribution in [3.05, 3.63) is 52.1 Å². The third-order valence-corrected chi connectivity index (χ3v) is 5.97. The van der Waals surface area contributed by atoms with Crippen LogP contribution in [-0.4, -0.2) is 33.4 Å². The second kappa shape index (κ2) is 7.71. The molecule has 1 amide bonds. The van der Waals surface area contributed by atoms with Gasteiger partial charge in [-0.3, -0.25) is 9.59 Å². The van der Waals surface area contributed by atoms with Crippen LogP contribution >= 0.6 is 11.3 Å². The molecule has 1 aliphatic rings. The fourth-order valence-electron chi connectivity index (χ4n) is 3.48. The molecule has 2 atom stereocenters. The number of hydrogen-bond acceptors (Lipinski definition) is 6. The van der Waals surface area contributed by atoms with Crippen molar-refractivity contribution in [3.63, 3.8) is 0 Å². The average Bonchev–Trinajstić information content (AvgIpc) is 3.35. The number of benzene rings is 1. The monoisotopic (exact) mass is 437 g/mol. The Morgan fingerprint density at radius 3 is 2.73 bits per heavy atom. The van der Waals surface area contributed by atoms with E-state index in [0.717, 1.165) is 23.3 Å². The van der Waals surface area contributed by atoms with Crippen molar-refractivity contribution in [3.8, 4) is 0 Å². The summed E-state index contributed by atoms with van der Waals surface area (Å²) in [6, 6.07) is 8.79. The molecule has 158 valence electrons. The molecule has 0 saturated carbocycles. The molecule has 1 aliphatic heterocycles. The van der Waals surface area contributed by atoms with Crippen molar-refractivity contribution in [1.29, 1.82) is 0 Å². The minimum atomic E-state index is -4.76. The Balaban J connectivity index is 1.58. The second-order valence-corrected chi connectivity index (χ2v) is 8.01. The molecule has 0 bridgehead atoms. The van der Waals surface area contributed by atoms with Gasteiger partial charge in [0.2, 0.25) is 11.7 Å². The van der Waals surface area contributed by atoms with Gasteiger partial charge in [-0.1, -0.05) is 41.7 Å². The van der Waals surface area contributed by atoms with Crippen molar-refractivity contribution in [2.24, 2.45) is 0 Å². The topological polar surface area (TPSA) is 91.0 Å². The van der Waals surface area contributed by atoms with E-state index in [4.69, 9.17) is 0 Å². The molecule has 2 N–H and O–H groups in total. The molecule has 3 heterocycles. The van der Waals surface area contributed by atoms with Crippen LogP contribution in [0.3, 0.4) is 0 Å². The fraction of sp³-hybridized carbons (Fsp3) is 0.368. The van der Waals surface area contributed by atoms with Crippen LogP contribution < -0.4 is 15.8 Å². The van der Waals surface area contributed by atoms with E-state index < -0.39 is 23.6 Å². The predicted molar refractivity (Wildman–Crippen MR) is 106 cm³/mol. The highest BCUT2D eigenvalue weighted by Crippen LogP contribution is 2.33. The molecular weight excluding hydrogens is 419 g/mol. The number of aromatic amines is 1. The van der Waals surface area contributed by atoms with Crippen LogP contribution in [0.25, 0.3) is 10.3 Å². The van der Waals surface area contributed by atoms with Gasteiger partial charge in [0, 0.05) is 6.54 Å². The van der Waals surface area contributed by atoms with Gasteiger partial charge in [-0.15, -0.1) is 0 Å². The van der Waals surface area contributed by atoms with Gasteiger partial charge in [-0.25, -0.2) is 9.97 Å². The van der Waals surface area contributed by atoms with Crippen molar-refractivity contribution in [2.75, 3.05) is 11.4 Å². The quantitative estimate of drug-likeness (QED) is 0.654. The fourth-order valence-corrected chi connectivity index (χ4v) is 4.50. The number of hydrogen-bond donors (Lipinski definition) is 2. The molecule has 30 heavy (non-hydrogen) atoms. The SMILES string of the molecule is CC(NC(=O)[C@H]1CCCN1c1nc2c(=O)[nH]c(C(F)(F)F)nc2s1)c1ccccc1. The summed E-state index contributed by atoms with van der Waals surface area (Å²) in [6.07, 6.45) is -3.45. The van der Waals surface area contributed by atoms with Crippen LogP contribution in [0.4, 0.5) is 18.3 Å². The summed E-state index contributed by atoms with van der Waals surface area (Å²) in [4.78, 5) is 35.9. The summed E-state index contributed by atoms with van der Waals surface area (Å²) in [5.41, 5.74) is -0.148. The summed E-state index contributed by atoms with van der Waals surface area (Å²) in [5.74, 6) is -1.55. The molecule has 0 aliphatic carbocycles. The summed E-state index contributed by atoms with van der Waals surface area (Å²) in [7, 11) is 0. The Hall–Kier alpha value is -2.95. The van der Waals surface area contributed by atoms with E-state index in [1.807, 2.05) is 37.3 Å². The van der Waals surface area contributed by atoms with E-state index in [0.29, 0.717) is 18.1 Å². The van der Waals surface area contributed by atoms with E-state index in [1.54, 1.807) is 9.88 Å². The number of nitrogens with one attached hydrogen (secondary N) is 2. The molecule has 11 heteroatoms. The van der Waals surface area contributed by atoms with E-state index >= 15 is 0 Å². The molecule has 7 nitrogen and oxygen atoms in total. The van der Waals surface area contributed by atoms with Gasteiger partial charge in [0.05, 0.1) is 6.04 Å². The lowest BCUT2D eigenvalue weighted by Gasteiger charge is -2.25. The van der Waals surface area contributed by atoms with Crippen molar-refractivity contribution >= 4 is 32.7 Å². The number of amides is 1. The van der Waals surface area contributed by atoms with E-state index in [2.05, 4.69) is 15.3 Å². The summed E-state index contributed by atoms with van der Waals surface area (Å²) in [6.45, 7) is 2.40. The number of carbonyl (C=O) groups is 1. The molecule has 0 spiro atoms. The number of halogens is 3. The first-order valence-corrected chi connectivity index (χ1v) is 10.2. The van der Waals surface area contributed by atoms with E-state index in [1.165, 1.54) is 0 Å². The highest BCUT2D eigenvalue weighted by Gasteiger charge is 2.36. The van der Waals surface area contributed by atoms with E-state index in [-0.39, 0.29) is 22.3 Å². The number of nitrogens with zero attached hydrogens (tertiary/aromatic N) is 3. The smallest absolute Gasteiger partial charge is 0.348 e. The number of rotatable bonds is 4. The molecule has 1 aromatic carbocycles. The van der Waals surface area contributed by atoms with Crippen LogP contribution in [0.2, 0.25) is 0 Å². The molecule has 4 rings (SSSR count). The van der Waals surface area contributed by atoms with Crippen molar-refractivity contribution < 1.29 is 18.0 Å². The Kier molecular flexibility index (Phi) is 5.22. The number of anilines is 1. The number of H-pyrrole nitrogens is 1. The zero-order chi connectivity index (χ0) is 21.5. The molecule has 0 radical (unpaired) electrons. The Labute approximate surface area is 173 Å². The van der Waals surface area contributed by atoms with Gasteiger partial charge < -0.3 is 15.2 Å². The van der Waals surface area contributed by atoms with Crippen LogP contribution in [0.15, 0.2) is 35.1 Å². The average molecular weight is 437 g/mol. The van der Waals surface area contributed by atoms with Gasteiger partial charge in [0.25, 0.3) is 5.56 Å². The first-order chi connectivity index (χ1) is 14.2. The largest absolute Gasteiger partial charge is 0.449 e. The van der Waals surface area contributed by atoms with Crippen LogP contribution in [0.1, 0.15) is 37.2 Å². The molecular formula is C19H18F3N5O2S. The maximum absolute atomic E-state index is 12.9. The normalized spacial score (nSPS) is 18.0. The molecule has 2 aromatic heterocycles. The minimum absolute atomic E-state index is 0.107. The molecule has 1 fully saturated rings. The number of fused-ring (bicyclic) bond motifs is 1. The lowest BCUT2D eigenvalue weighted by atomic mass is 10.1. The van der Waals surface area contributed by atoms with Crippen molar-refractivity contribution in [2.45, 2.75) is 38.0 Å². The zero-order valence-electron chi connectivity index (χ0n) is 15.9. The summed E-state index contributed by atoms with van der Waals surface area (Å²) >= 11 is 0.879. The minimum Gasteiger partial charge on any atom is -0.348 e. The Bertz CT molecular complexity index is 1130. The van der Waals surface area contributed by atoms with E-state index in [9.17, 15) is 22.8 Å². The van der Waals surface area contributed by atoms with Gasteiger partial charge in [-0.2, -0.15) is 13.2 Å². The summed E-state index contributed by atoms with van der Waals surface area (Å²) < 4.78 is 38.8. The number of thiazole rings is 1. The molecule has 1 saturated heterocycles. The standard InChI is InChI=1S/C19H18F3N5O2S/c1-10(11-6-3-2-4-7-11)23-14(28)12-8-5-9-27(12)18-24-13-15(29)25-17(19(20,21)22)26-16(13)30-18/h2-4,6-7,10,12H,5,8-9H2,1H3,(H,23,28)(H,25,26,29)/t10?,12-/m1/s1.